The summed E-state index contributed by atoms with van der Waals surface area (Å²) in [6.07, 6.45) is 15.8. The molecule has 2 aliphatic carbocycles. The number of ether oxygens (including phenoxy) is 1. The molecular weight excluding hydrogens is 222 g/mol. The zero-order valence-electron chi connectivity index (χ0n) is 11.8. The summed E-state index contributed by atoms with van der Waals surface area (Å²) < 4.78 is 6.39. The van der Waals surface area contributed by atoms with Gasteiger partial charge in [-0.3, -0.25) is 0 Å². The van der Waals surface area contributed by atoms with Crippen molar-refractivity contribution >= 4 is 0 Å². The Hall–Kier alpha value is -0.0800. The molecule has 1 unspecified atom stereocenters. The van der Waals surface area contributed by atoms with E-state index in [-0.39, 0.29) is 0 Å². The van der Waals surface area contributed by atoms with Gasteiger partial charge in [0, 0.05) is 6.54 Å². The van der Waals surface area contributed by atoms with Crippen molar-refractivity contribution in [3.05, 3.63) is 0 Å². The molecule has 3 fully saturated rings. The van der Waals surface area contributed by atoms with E-state index in [0.717, 1.165) is 12.5 Å². The smallest absolute Gasteiger partial charge is 0.0708 e. The van der Waals surface area contributed by atoms with E-state index < -0.39 is 0 Å². The van der Waals surface area contributed by atoms with Crippen LogP contribution < -0.4 is 5.32 Å². The van der Waals surface area contributed by atoms with Crippen molar-refractivity contribution in [3.63, 3.8) is 0 Å². The number of nitrogens with one attached hydrogen (secondary N) is 1. The van der Waals surface area contributed by atoms with Gasteiger partial charge in [-0.2, -0.15) is 0 Å². The van der Waals surface area contributed by atoms with Crippen LogP contribution in [0.25, 0.3) is 0 Å². The first kappa shape index (κ1) is 12.9. The van der Waals surface area contributed by atoms with Crippen LogP contribution in [0.15, 0.2) is 0 Å². The van der Waals surface area contributed by atoms with E-state index >= 15 is 0 Å². The average molecular weight is 251 g/mol. The number of hydrogen-bond acceptors (Lipinski definition) is 2. The van der Waals surface area contributed by atoms with Crippen molar-refractivity contribution in [2.45, 2.75) is 82.3 Å². The predicted octanol–water partition coefficient (Wildman–Crippen LogP) is 3.65. The highest BCUT2D eigenvalue weighted by atomic mass is 16.5. The fourth-order valence-electron chi connectivity index (χ4n) is 4.27. The van der Waals surface area contributed by atoms with Crippen molar-refractivity contribution in [3.8, 4) is 0 Å². The highest BCUT2D eigenvalue weighted by Gasteiger charge is 2.40. The van der Waals surface area contributed by atoms with Gasteiger partial charge in [-0.1, -0.05) is 32.1 Å². The zero-order chi connectivity index (χ0) is 12.3. The van der Waals surface area contributed by atoms with Crippen molar-refractivity contribution in [1.82, 2.24) is 5.32 Å². The molecule has 1 heterocycles. The van der Waals surface area contributed by atoms with E-state index in [1.807, 2.05) is 0 Å². The molecule has 3 aliphatic rings. The van der Waals surface area contributed by atoms with Crippen LogP contribution >= 0.6 is 0 Å². The van der Waals surface area contributed by atoms with Crippen LogP contribution in [0, 0.1) is 5.92 Å². The predicted molar refractivity (Wildman–Crippen MR) is 74.8 cm³/mol. The second-order valence-corrected chi connectivity index (χ2v) is 6.83. The SMILES string of the molecule is C1CCC2(CC1)CCC(CNCC1CCCC1)O2. The van der Waals surface area contributed by atoms with E-state index in [4.69, 9.17) is 4.74 Å². The maximum absolute atomic E-state index is 6.39. The molecule has 2 saturated carbocycles. The molecule has 0 amide bonds. The minimum atomic E-state index is 0.304. The minimum Gasteiger partial charge on any atom is -0.370 e. The van der Waals surface area contributed by atoms with Gasteiger partial charge in [-0.15, -0.1) is 0 Å². The molecule has 2 heteroatoms. The lowest BCUT2D eigenvalue weighted by atomic mass is 9.83. The van der Waals surface area contributed by atoms with Crippen LogP contribution in [0.4, 0.5) is 0 Å². The summed E-state index contributed by atoms with van der Waals surface area (Å²) >= 11 is 0. The van der Waals surface area contributed by atoms with E-state index in [9.17, 15) is 0 Å². The Morgan fingerprint density at radius 2 is 1.61 bits per heavy atom. The van der Waals surface area contributed by atoms with Gasteiger partial charge < -0.3 is 10.1 Å². The molecule has 3 rings (SSSR count). The van der Waals surface area contributed by atoms with Gasteiger partial charge >= 0.3 is 0 Å². The van der Waals surface area contributed by atoms with Gasteiger partial charge in [0.2, 0.25) is 0 Å². The number of rotatable bonds is 4. The lowest BCUT2D eigenvalue weighted by Gasteiger charge is -2.33. The third kappa shape index (κ3) is 3.08. The lowest BCUT2D eigenvalue weighted by molar-refractivity contribution is -0.0624. The van der Waals surface area contributed by atoms with E-state index in [1.165, 1.54) is 77.2 Å². The Balaban J connectivity index is 1.36. The molecule has 0 bridgehead atoms. The maximum Gasteiger partial charge on any atom is 0.0708 e. The second kappa shape index (κ2) is 5.92. The molecule has 0 aromatic rings. The van der Waals surface area contributed by atoms with E-state index in [0.29, 0.717) is 11.7 Å². The van der Waals surface area contributed by atoms with Gasteiger partial charge in [0.25, 0.3) is 0 Å². The van der Waals surface area contributed by atoms with Crippen LogP contribution in [0.3, 0.4) is 0 Å². The molecule has 18 heavy (non-hydrogen) atoms. The standard InChI is InChI=1S/C16H29NO/c1-4-9-16(10-5-1)11-8-15(18-16)13-17-12-14-6-2-3-7-14/h14-15,17H,1-13H2. The normalized spacial score (nSPS) is 32.3. The van der Waals surface area contributed by atoms with Gasteiger partial charge in [-0.05, 0) is 51.0 Å². The van der Waals surface area contributed by atoms with Crippen molar-refractivity contribution in [2.75, 3.05) is 13.1 Å². The molecular formula is C16H29NO. The first-order valence-corrected chi connectivity index (χ1v) is 8.25. The van der Waals surface area contributed by atoms with Crippen LogP contribution in [-0.4, -0.2) is 24.8 Å². The largest absolute Gasteiger partial charge is 0.370 e. The zero-order valence-corrected chi connectivity index (χ0v) is 11.8. The molecule has 1 spiro atoms. The summed E-state index contributed by atoms with van der Waals surface area (Å²) in [7, 11) is 0. The molecule has 0 radical (unpaired) electrons. The summed E-state index contributed by atoms with van der Waals surface area (Å²) in [6.45, 7) is 2.32. The average Bonchev–Trinajstić information content (AvgIpc) is 3.02. The first-order valence-electron chi connectivity index (χ1n) is 8.25. The summed E-state index contributed by atoms with van der Waals surface area (Å²) in [6, 6.07) is 0. The fraction of sp³-hybridized carbons (Fsp3) is 1.00. The van der Waals surface area contributed by atoms with Gasteiger partial charge in [0.15, 0.2) is 0 Å². The molecule has 0 aromatic heterocycles. The van der Waals surface area contributed by atoms with Crippen molar-refractivity contribution in [1.29, 1.82) is 0 Å². The van der Waals surface area contributed by atoms with E-state index in [1.54, 1.807) is 0 Å². The quantitative estimate of drug-likeness (QED) is 0.823. The highest BCUT2D eigenvalue weighted by molar-refractivity contribution is 4.91. The molecule has 0 aromatic carbocycles. The third-order valence-electron chi connectivity index (χ3n) is 5.38. The Bertz CT molecular complexity index is 254. The van der Waals surface area contributed by atoms with Gasteiger partial charge in [-0.25, -0.2) is 0 Å². The third-order valence-corrected chi connectivity index (χ3v) is 5.38. The molecule has 1 saturated heterocycles. The summed E-state index contributed by atoms with van der Waals surface area (Å²) in [5.74, 6) is 0.954. The molecule has 1 atom stereocenters. The van der Waals surface area contributed by atoms with Crippen LogP contribution in [0.5, 0.6) is 0 Å². The van der Waals surface area contributed by atoms with Crippen molar-refractivity contribution < 1.29 is 4.74 Å². The summed E-state index contributed by atoms with van der Waals surface area (Å²) in [5, 5.41) is 3.67. The van der Waals surface area contributed by atoms with Crippen LogP contribution in [-0.2, 0) is 4.74 Å². The van der Waals surface area contributed by atoms with Crippen LogP contribution in [0.1, 0.15) is 70.6 Å². The molecule has 1 N–H and O–H groups in total. The first-order chi connectivity index (χ1) is 8.86. The summed E-state index contributed by atoms with van der Waals surface area (Å²) in [4.78, 5) is 0. The Morgan fingerprint density at radius 1 is 0.833 bits per heavy atom. The molecule has 2 nitrogen and oxygen atoms in total. The topological polar surface area (TPSA) is 21.3 Å². The highest BCUT2D eigenvalue weighted by Crippen LogP contribution is 2.41. The fourth-order valence-corrected chi connectivity index (χ4v) is 4.27. The number of hydrogen-bond donors (Lipinski definition) is 1. The Morgan fingerprint density at radius 3 is 2.39 bits per heavy atom. The Labute approximate surface area is 112 Å². The Kier molecular flexibility index (Phi) is 4.25. The van der Waals surface area contributed by atoms with Gasteiger partial charge in [0.1, 0.15) is 0 Å². The van der Waals surface area contributed by atoms with Crippen LogP contribution in [0.2, 0.25) is 0 Å². The second-order valence-electron chi connectivity index (χ2n) is 6.83. The minimum absolute atomic E-state index is 0.304. The van der Waals surface area contributed by atoms with Gasteiger partial charge in [0.05, 0.1) is 11.7 Å². The maximum atomic E-state index is 6.39. The molecule has 1 aliphatic heterocycles. The molecule has 104 valence electrons. The van der Waals surface area contributed by atoms with Crippen molar-refractivity contribution in [2.24, 2.45) is 5.92 Å². The monoisotopic (exact) mass is 251 g/mol. The van der Waals surface area contributed by atoms with E-state index in [2.05, 4.69) is 5.32 Å². The lowest BCUT2D eigenvalue weighted by Crippen LogP contribution is -2.35. The summed E-state index contributed by atoms with van der Waals surface area (Å²) in [5.41, 5.74) is 0.304.